The van der Waals surface area contributed by atoms with Crippen LogP contribution in [-0.4, -0.2) is 43.6 Å². The molecule has 49 heavy (non-hydrogen) atoms. The number of ketones is 4. The molecule has 0 radical (unpaired) electrons. The largest absolute Gasteiger partial charge is 0.512 e. The first kappa shape index (κ1) is 56.1. The van der Waals surface area contributed by atoms with Crippen molar-refractivity contribution in [1.82, 2.24) is 0 Å². The molecule has 0 amide bonds. The number of rotatable bonds is 24. The molecule has 4 N–H and O–H groups in total. The fourth-order valence-corrected chi connectivity index (χ4v) is 4.12. The van der Waals surface area contributed by atoms with E-state index >= 15 is 0 Å². The summed E-state index contributed by atoms with van der Waals surface area (Å²) >= 11 is 0. The average Bonchev–Trinajstić information content (AvgIpc) is 2.98. The molecule has 8 nitrogen and oxygen atoms in total. The SMILES string of the molecule is CCCCCCC(=O)C=C(C)O.CCCCCCC(=O)C=C(C)O.CCCCCCC(=O)C=C(C)O.CCCCCCC(=O)C=C(C)O.[Zr]. The molecule has 0 fully saturated rings. The van der Waals surface area contributed by atoms with E-state index in [1.54, 1.807) is 0 Å². The molecule has 284 valence electrons. The summed E-state index contributed by atoms with van der Waals surface area (Å²) in [5.41, 5.74) is 0. The molecule has 0 aliphatic heterocycles. The Hall–Kier alpha value is -2.28. The molecule has 0 atom stereocenters. The molecular formula is C40H72O8Zr. The van der Waals surface area contributed by atoms with Gasteiger partial charge in [0, 0.05) is 76.2 Å². The maximum Gasteiger partial charge on any atom is 0.159 e. The summed E-state index contributed by atoms with van der Waals surface area (Å²) in [5, 5.41) is 35.1. The molecule has 0 rings (SSSR count). The van der Waals surface area contributed by atoms with E-state index in [0.29, 0.717) is 25.7 Å². The maximum absolute atomic E-state index is 11.0. The number of carbonyl (C=O) groups is 4. The summed E-state index contributed by atoms with van der Waals surface area (Å²) in [4.78, 5) is 43.9. The van der Waals surface area contributed by atoms with Crippen molar-refractivity contribution in [1.29, 1.82) is 0 Å². The minimum Gasteiger partial charge on any atom is -0.512 e. The Morgan fingerprint density at radius 1 is 0.347 bits per heavy atom. The molecule has 0 saturated heterocycles. The first-order valence-electron chi connectivity index (χ1n) is 18.3. The van der Waals surface area contributed by atoms with Crippen LogP contribution < -0.4 is 0 Å². The van der Waals surface area contributed by atoms with Crippen molar-refractivity contribution >= 4 is 23.1 Å². The molecule has 0 heterocycles. The second-order valence-corrected chi connectivity index (χ2v) is 12.3. The van der Waals surface area contributed by atoms with E-state index in [1.807, 2.05) is 0 Å². The molecule has 0 aliphatic carbocycles. The van der Waals surface area contributed by atoms with Gasteiger partial charge in [-0.05, 0) is 53.4 Å². The Bertz CT molecular complexity index is 780. The Labute approximate surface area is 318 Å². The fraction of sp³-hybridized carbons (Fsp3) is 0.700. The van der Waals surface area contributed by atoms with Gasteiger partial charge in [0.25, 0.3) is 0 Å². The van der Waals surface area contributed by atoms with Gasteiger partial charge in [-0.1, -0.05) is 105 Å². The molecule has 0 aromatic rings. The van der Waals surface area contributed by atoms with Gasteiger partial charge in [-0.2, -0.15) is 0 Å². The van der Waals surface area contributed by atoms with Gasteiger partial charge >= 0.3 is 0 Å². The van der Waals surface area contributed by atoms with Crippen LogP contribution in [0.2, 0.25) is 0 Å². The van der Waals surface area contributed by atoms with Gasteiger partial charge in [0.2, 0.25) is 0 Å². The van der Waals surface area contributed by atoms with Crippen LogP contribution in [0.15, 0.2) is 47.3 Å². The topological polar surface area (TPSA) is 149 Å². The van der Waals surface area contributed by atoms with Crippen molar-refractivity contribution < 1.29 is 65.8 Å². The molecule has 9 heteroatoms. The van der Waals surface area contributed by atoms with Gasteiger partial charge in [-0.3, -0.25) is 19.2 Å². The third kappa shape index (κ3) is 61.4. The molecular weight excluding hydrogens is 700 g/mol. The minimum absolute atomic E-state index is 0. The van der Waals surface area contributed by atoms with Crippen LogP contribution in [0.1, 0.15) is 184 Å². The third-order valence-corrected chi connectivity index (χ3v) is 6.59. The van der Waals surface area contributed by atoms with Crippen molar-refractivity contribution in [3.05, 3.63) is 47.3 Å². The number of hydrogen-bond donors (Lipinski definition) is 4. The first-order valence-corrected chi connectivity index (χ1v) is 18.3. The average molecular weight is 772 g/mol. The second kappa shape index (κ2) is 43.7. The van der Waals surface area contributed by atoms with Gasteiger partial charge in [-0.15, -0.1) is 0 Å². The molecule has 0 saturated carbocycles. The monoisotopic (exact) mass is 770 g/mol. The van der Waals surface area contributed by atoms with Crippen molar-refractivity contribution in [3.63, 3.8) is 0 Å². The summed E-state index contributed by atoms with van der Waals surface area (Å²) in [6.07, 6.45) is 25.2. The maximum atomic E-state index is 11.0. The van der Waals surface area contributed by atoms with E-state index in [9.17, 15) is 19.2 Å². The van der Waals surface area contributed by atoms with Crippen LogP contribution >= 0.6 is 0 Å². The minimum atomic E-state index is 0. The van der Waals surface area contributed by atoms with Gasteiger partial charge in [0.15, 0.2) is 23.1 Å². The van der Waals surface area contributed by atoms with E-state index in [1.165, 1.54) is 103 Å². The van der Waals surface area contributed by atoms with Crippen molar-refractivity contribution in [2.24, 2.45) is 0 Å². The van der Waals surface area contributed by atoms with E-state index in [-0.39, 0.29) is 72.4 Å². The van der Waals surface area contributed by atoms with Crippen LogP contribution in [0.25, 0.3) is 0 Å². The molecule has 0 unspecified atom stereocenters. The number of aliphatic hydroxyl groups is 4. The zero-order chi connectivity index (χ0) is 37.6. The summed E-state index contributed by atoms with van der Waals surface area (Å²) in [5.74, 6) is 0.561. The third-order valence-electron chi connectivity index (χ3n) is 6.59. The molecule has 0 spiro atoms. The van der Waals surface area contributed by atoms with Gasteiger partial charge < -0.3 is 20.4 Å². The van der Waals surface area contributed by atoms with E-state index in [0.717, 1.165) is 51.4 Å². The first-order chi connectivity index (χ1) is 22.7. The van der Waals surface area contributed by atoms with Crippen molar-refractivity contribution in [3.8, 4) is 0 Å². The Morgan fingerprint density at radius 3 is 0.633 bits per heavy atom. The molecule has 0 aromatic carbocycles. The van der Waals surface area contributed by atoms with Crippen LogP contribution in [0.5, 0.6) is 0 Å². The number of hydrogen-bond acceptors (Lipinski definition) is 8. The summed E-state index contributed by atoms with van der Waals surface area (Å²) in [6.45, 7) is 14.6. The normalized spacial score (nSPS) is 11.4. The fourth-order valence-electron chi connectivity index (χ4n) is 4.12. The number of allylic oxidation sites excluding steroid dienone is 8. The smallest absolute Gasteiger partial charge is 0.159 e. The molecule has 0 bridgehead atoms. The summed E-state index contributed by atoms with van der Waals surface area (Å²) in [7, 11) is 0. The van der Waals surface area contributed by atoms with E-state index in [4.69, 9.17) is 20.4 Å². The molecule has 0 aromatic heterocycles. The Morgan fingerprint density at radius 2 is 0.510 bits per heavy atom. The van der Waals surface area contributed by atoms with Crippen LogP contribution in [0, 0.1) is 0 Å². The van der Waals surface area contributed by atoms with Crippen molar-refractivity contribution in [2.45, 2.75) is 184 Å². The standard InChI is InChI=1S/4C10H18O2.Zr/c4*1-3-4-5-6-7-10(12)8-9(2)11;/h4*8,11H,3-7H2,1-2H3;. The Kier molecular flexibility index (Phi) is 50.1. The second-order valence-electron chi connectivity index (χ2n) is 12.3. The summed E-state index contributed by atoms with van der Waals surface area (Å²) < 4.78 is 0. The van der Waals surface area contributed by atoms with Crippen molar-refractivity contribution in [2.75, 3.05) is 0 Å². The van der Waals surface area contributed by atoms with E-state index < -0.39 is 0 Å². The zero-order valence-corrected chi connectivity index (χ0v) is 34.8. The quantitative estimate of drug-likeness (QED) is 0.0430. The van der Waals surface area contributed by atoms with E-state index in [2.05, 4.69) is 27.7 Å². The van der Waals surface area contributed by atoms with Gasteiger partial charge in [0.1, 0.15) is 0 Å². The number of carbonyl (C=O) groups excluding carboxylic acids is 4. The van der Waals surface area contributed by atoms with Crippen LogP contribution in [-0.2, 0) is 45.4 Å². The summed E-state index contributed by atoms with van der Waals surface area (Å²) in [6, 6.07) is 0. The van der Waals surface area contributed by atoms with Crippen LogP contribution in [0.3, 0.4) is 0 Å². The molecule has 0 aliphatic rings. The Balaban J connectivity index is -0.000000174. The predicted octanol–water partition coefficient (Wildman–Crippen LogP) is 11.9. The van der Waals surface area contributed by atoms with Gasteiger partial charge in [0.05, 0.1) is 23.0 Å². The van der Waals surface area contributed by atoms with Gasteiger partial charge in [-0.25, -0.2) is 0 Å². The predicted molar refractivity (Wildman–Crippen MR) is 201 cm³/mol. The number of unbranched alkanes of at least 4 members (excludes halogenated alkanes) is 12. The number of aliphatic hydroxyl groups excluding tert-OH is 4. The zero-order valence-electron chi connectivity index (χ0n) is 32.4. The van der Waals surface area contributed by atoms with Crippen LogP contribution in [0.4, 0.5) is 0 Å².